The minimum Gasteiger partial charge on any atom is -0.202 e. The van der Waals surface area contributed by atoms with Gasteiger partial charge in [-0.15, -0.1) is 0 Å². The van der Waals surface area contributed by atoms with Gasteiger partial charge in [-0.3, -0.25) is 0 Å². The SMILES string of the molecule is C[n+]1ccccc1/C=C\c1c(Cl)cccc1Cl. The standard InChI is InChI=1S/C14H12Cl2N/c1-17-10-3-2-5-11(17)8-9-12-13(15)6-4-7-14(12)16/h2-10H,1H3/q+1/b9-8-. The molecule has 2 aromatic rings. The van der Waals surface area contributed by atoms with Crippen LogP contribution >= 0.6 is 23.2 Å². The Balaban J connectivity index is 2.36. The van der Waals surface area contributed by atoms with E-state index >= 15 is 0 Å². The van der Waals surface area contributed by atoms with Gasteiger partial charge in [0.25, 0.3) is 0 Å². The van der Waals surface area contributed by atoms with E-state index in [1.54, 1.807) is 0 Å². The van der Waals surface area contributed by atoms with E-state index in [0.29, 0.717) is 10.0 Å². The smallest absolute Gasteiger partial charge is 0.202 e. The number of benzene rings is 1. The number of rotatable bonds is 2. The Kier molecular flexibility index (Phi) is 3.82. The molecule has 0 amide bonds. The van der Waals surface area contributed by atoms with Gasteiger partial charge in [-0.2, -0.15) is 0 Å². The lowest BCUT2D eigenvalue weighted by Gasteiger charge is -2.00. The van der Waals surface area contributed by atoms with Gasteiger partial charge in [-0.05, 0) is 24.3 Å². The van der Waals surface area contributed by atoms with Crippen LogP contribution in [0.4, 0.5) is 0 Å². The lowest BCUT2D eigenvalue weighted by atomic mass is 10.2. The summed E-state index contributed by atoms with van der Waals surface area (Å²) >= 11 is 12.2. The van der Waals surface area contributed by atoms with Gasteiger partial charge in [-0.25, -0.2) is 4.57 Å². The molecule has 0 aliphatic heterocycles. The van der Waals surface area contributed by atoms with Crippen LogP contribution in [-0.4, -0.2) is 0 Å². The first-order valence-corrected chi connectivity index (χ1v) is 6.01. The molecule has 0 aliphatic carbocycles. The molecule has 0 saturated carbocycles. The zero-order chi connectivity index (χ0) is 12.3. The van der Waals surface area contributed by atoms with Crippen molar-refractivity contribution >= 4 is 35.4 Å². The second kappa shape index (κ2) is 5.35. The van der Waals surface area contributed by atoms with E-state index in [0.717, 1.165) is 11.3 Å². The predicted molar refractivity (Wildman–Crippen MR) is 73.0 cm³/mol. The zero-order valence-electron chi connectivity index (χ0n) is 9.40. The van der Waals surface area contributed by atoms with Crippen molar-refractivity contribution in [3.05, 3.63) is 63.9 Å². The highest BCUT2D eigenvalue weighted by Crippen LogP contribution is 2.25. The van der Waals surface area contributed by atoms with Crippen LogP contribution in [0.2, 0.25) is 10.0 Å². The van der Waals surface area contributed by atoms with E-state index in [-0.39, 0.29) is 0 Å². The van der Waals surface area contributed by atoms with E-state index < -0.39 is 0 Å². The maximum absolute atomic E-state index is 6.09. The minimum atomic E-state index is 0.660. The summed E-state index contributed by atoms with van der Waals surface area (Å²) in [7, 11) is 1.99. The molecule has 0 fully saturated rings. The third-order valence-corrected chi connectivity index (χ3v) is 3.17. The molecule has 0 radical (unpaired) electrons. The van der Waals surface area contributed by atoms with Gasteiger partial charge in [0.1, 0.15) is 7.05 Å². The molecule has 0 saturated heterocycles. The molecule has 0 aliphatic rings. The Morgan fingerprint density at radius 3 is 2.29 bits per heavy atom. The van der Waals surface area contributed by atoms with Crippen LogP contribution in [0.5, 0.6) is 0 Å². The summed E-state index contributed by atoms with van der Waals surface area (Å²) in [5.41, 5.74) is 1.93. The van der Waals surface area contributed by atoms with Crippen LogP contribution in [0.1, 0.15) is 11.3 Å². The molecule has 0 bridgehead atoms. The number of hydrogen-bond donors (Lipinski definition) is 0. The number of pyridine rings is 1. The molecule has 0 N–H and O–H groups in total. The van der Waals surface area contributed by atoms with E-state index in [9.17, 15) is 0 Å². The monoisotopic (exact) mass is 264 g/mol. The Hall–Kier alpha value is -1.31. The highest BCUT2D eigenvalue weighted by molar-refractivity contribution is 6.37. The minimum absolute atomic E-state index is 0.660. The first-order chi connectivity index (χ1) is 8.18. The third kappa shape index (κ3) is 2.87. The Labute approximate surface area is 111 Å². The molecular formula is C14H12Cl2N+. The summed E-state index contributed by atoms with van der Waals surface area (Å²) in [5.74, 6) is 0. The molecule has 17 heavy (non-hydrogen) atoms. The summed E-state index contributed by atoms with van der Waals surface area (Å²) in [5, 5.41) is 1.32. The van der Waals surface area contributed by atoms with Crippen molar-refractivity contribution in [2.24, 2.45) is 7.05 Å². The average Bonchev–Trinajstić information content (AvgIpc) is 2.30. The molecule has 2 rings (SSSR count). The lowest BCUT2D eigenvalue weighted by Crippen LogP contribution is -2.30. The highest BCUT2D eigenvalue weighted by Gasteiger charge is 2.03. The molecular weight excluding hydrogens is 253 g/mol. The van der Waals surface area contributed by atoms with Gasteiger partial charge < -0.3 is 0 Å². The van der Waals surface area contributed by atoms with Crippen LogP contribution in [0.3, 0.4) is 0 Å². The fraction of sp³-hybridized carbons (Fsp3) is 0.0714. The Morgan fingerprint density at radius 1 is 0.941 bits per heavy atom. The van der Waals surface area contributed by atoms with Gasteiger partial charge in [-0.1, -0.05) is 29.3 Å². The lowest BCUT2D eigenvalue weighted by molar-refractivity contribution is -0.673. The largest absolute Gasteiger partial charge is 0.204 e. The number of nitrogens with zero attached hydrogens (tertiary/aromatic N) is 1. The molecule has 0 spiro atoms. The highest BCUT2D eigenvalue weighted by atomic mass is 35.5. The molecule has 1 aromatic carbocycles. The van der Waals surface area contributed by atoms with Crippen LogP contribution in [-0.2, 0) is 7.05 Å². The van der Waals surface area contributed by atoms with E-state index in [1.807, 2.05) is 66.4 Å². The number of aromatic nitrogens is 1. The zero-order valence-corrected chi connectivity index (χ0v) is 10.9. The van der Waals surface area contributed by atoms with Crippen molar-refractivity contribution in [1.29, 1.82) is 0 Å². The maximum atomic E-state index is 6.09. The van der Waals surface area contributed by atoms with Crippen molar-refractivity contribution < 1.29 is 4.57 Å². The molecule has 0 atom stereocenters. The molecule has 0 unspecified atom stereocenters. The summed E-state index contributed by atoms with van der Waals surface area (Å²) in [6.45, 7) is 0. The van der Waals surface area contributed by atoms with Crippen molar-refractivity contribution in [2.75, 3.05) is 0 Å². The summed E-state index contributed by atoms with van der Waals surface area (Å²) in [6.07, 6.45) is 5.92. The number of aryl methyl sites for hydroxylation is 1. The summed E-state index contributed by atoms with van der Waals surface area (Å²) < 4.78 is 2.03. The van der Waals surface area contributed by atoms with E-state index in [4.69, 9.17) is 23.2 Å². The van der Waals surface area contributed by atoms with Crippen molar-refractivity contribution in [2.45, 2.75) is 0 Å². The summed E-state index contributed by atoms with van der Waals surface area (Å²) in [4.78, 5) is 0. The molecule has 1 aromatic heterocycles. The maximum Gasteiger partial charge on any atom is 0.204 e. The molecule has 3 heteroatoms. The molecule has 86 valence electrons. The van der Waals surface area contributed by atoms with E-state index in [2.05, 4.69) is 0 Å². The molecule has 1 nitrogen and oxygen atoms in total. The van der Waals surface area contributed by atoms with Gasteiger partial charge in [0.05, 0.1) is 0 Å². The molecule has 1 heterocycles. The van der Waals surface area contributed by atoms with Crippen LogP contribution < -0.4 is 4.57 Å². The first-order valence-electron chi connectivity index (χ1n) is 5.25. The second-order valence-corrected chi connectivity index (χ2v) is 4.52. The Morgan fingerprint density at radius 2 is 1.65 bits per heavy atom. The normalized spacial score (nSPS) is 11.0. The van der Waals surface area contributed by atoms with Crippen LogP contribution in [0.25, 0.3) is 12.2 Å². The number of hydrogen-bond acceptors (Lipinski definition) is 0. The van der Waals surface area contributed by atoms with E-state index in [1.165, 1.54) is 0 Å². The second-order valence-electron chi connectivity index (χ2n) is 3.71. The Bertz CT molecular complexity index is 542. The van der Waals surface area contributed by atoms with Crippen molar-refractivity contribution in [3.8, 4) is 0 Å². The third-order valence-electron chi connectivity index (χ3n) is 2.52. The predicted octanol–water partition coefficient (Wildman–Crippen LogP) is 3.99. The van der Waals surface area contributed by atoms with Crippen molar-refractivity contribution in [1.82, 2.24) is 0 Å². The summed E-state index contributed by atoms with van der Waals surface area (Å²) in [6, 6.07) is 11.5. The fourth-order valence-corrected chi connectivity index (χ4v) is 2.07. The van der Waals surface area contributed by atoms with Crippen LogP contribution in [0.15, 0.2) is 42.6 Å². The van der Waals surface area contributed by atoms with Gasteiger partial charge >= 0.3 is 0 Å². The van der Waals surface area contributed by atoms with Crippen molar-refractivity contribution in [3.63, 3.8) is 0 Å². The average molecular weight is 265 g/mol. The van der Waals surface area contributed by atoms with Gasteiger partial charge in [0, 0.05) is 33.8 Å². The van der Waals surface area contributed by atoms with Gasteiger partial charge in [0.2, 0.25) is 5.69 Å². The van der Waals surface area contributed by atoms with Gasteiger partial charge in [0.15, 0.2) is 6.20 Å². The quantitative estimate of drug-likeness (QED) is 0.723. The van der Waals surface area contributed by atoms with Crippen LogP contribution in [0, 0.1) is 0 Å². The first kappa shape index (κ1) is 12.2. The topological polar surface area (TPSA) is 3.88 Å². The number of halogens is 2. The fourth-order valence-electron chi connectivity index (χ4n) is 1.55.